The van der Waals surface area contributed by atoms with E-state index >= 15 is 0 Å². The van der Waals surface area contributed by atoms with E-state index in [0.717, 1.165) is 17.5 Å². The fraction of sp³-hybridized carbons (Fsp3) is 0.278. The van der Waals surface area contributed by atoms with Crippen molar-refractivity contribution in [1.82, 2.24) is 14.8 Å². The summed E-state index contributed by atoms with van der Waals surface area (Å²) in [5.74, 6) is -0.335. The SMILES string of the molecule is O=C(c1ccc(=O)[nH]c1)N1CC(=O)N2CCc3ccc(Cl)cc3C2C1. The van der Waals surface area contributed by atoms with Gasteiger partial charge in [0.05, 0.1) is 11.6 Å². The summed E-state index contributed by atoms with van der Waals surface area (Å²) in [4.78, 5) is 42.3. The van der Waals surface area contributed by atoms with Gasteiger partial charge in [-0.15, -0.1) is 0 Å². The molecule has 1 aromatic carbocycles. The number of halogens is 1. The molecule has 2 amide bonds. The third-order valence-electron chi connectivity index (χ3n) is 4.82. The van der Waals surface area contributed by atoms with E-state index in [-0.39, 0.29) is 30.0 Å². The lowest BCUT2D eigenvalue weighted by atomic mass is 9.90. The molecule has 1 fully saturated rings. The number of hydrogen-bond donors (Lipinski definition) is 1. The molecule has 7 heteroatoms. The van der Waals surface area contributed by atoms with E-state index in [9.17, 15) is 14.4 Å². The third kappa shape index (κ3) is 2.82. The standard InChI is InChI=1S/C18H16ClN3O3/c19-13-3-1-11-5-6-22-15(14(11)7-13)9-21(10-17(22)24)18(25)12-2-4-16(23)20-8-12/h1-4,7-8,15H,5-6,9-10H2,(H,20,23). The number of nitrogens with zero attached hydrogens (tertiary/aromatic N) is 2. The van der Waals surface area contributed by atoms with E-state index in [1.54, 1.807) is 0 Å². The molecule has 0 radical (unpaired) electrons. The van der Waals surface area contributed by atoms with Crippen LogP contribution in [0, 0.1) is 0 Å². The molecule has 2 aliphatic heterocycles. The number of H-pyrrole nitrogens is 1. The normalized spacial score (nSPS) is 19.4. The minimum Gasteiger partial charge on any atom is -0.332 e. The quantitative estimate of drug-likeness (QED) is 0.842. The summed E-state index contributed by atoms with van der Waals surface area (Å²) in [5, 5.41) is 0.622. The van der Waals surface area contributed by atoms with Gasteiger partial charge >= 0.3 is 0 Å². The maximum atomic E-state index is 12.7. The van der Waals surface area contributed by atoms with Crippen molar-refractivity contribution in [2.45, 2.75) is 12.5 Å². The Morgan fingerprint density at radius 3 is 2.80 bits per heavy atom. The molecule has 128 valence electrons. The summed E-state index contributed by atoms with van der Waals surface area (Å²) in [6, 6.07) is 8.32. The van der Waals surface area contributed by atoms with Crippen LogP contribution >= 0.6 is 11.6 Å². The number of aromatic nitrogens is 1. The molecule has 0 saturated carbocycles. The molecule has 1 unspecified atom stereocenters. The minimum absolute atomic E-state index is 0.0460. The van der Waals surface area contributed by atoms with Crippen LogP contribution in [0.2, 0.25) is 5.02 Å². The molecule has 0 spiro atoms. The first-order valence-corrected chi connectivity index (χ1v) is 8.46. The predicted molar refractivity (Wildman–Crippen MR) is 92.6 cm³/mol. The largest absolute Gasteiger partial charge is 0.332 e. The van der Waals surface area contributed by atoms with Gasteiger partial charge < -0.3 is 14.8 Å². The topological polar surface area (TPSA) is 73.5 Å². The van der Waals surface area contributed by atoms with Crippen LogP contribution in [0.4, 0.5) is 0 Å². The molecular formula is C18H16ClN3O3. The van der Waals surface area contributed by atoms with Crippen molar-refractivity contribution in [3.63, 3.8) is 0 Å². The van der Waals surface area contributed by atoms with Crippen LogP contribution < -0.4 is 5.56 Å². The summed E-state index contributed by atoms with van der Waals surface area (Å²) in [5.41, 5.74) is 2.26. The molecule has 1 aromatic heterocycles. The van der Waals surface area contributed by atoms with Gasteiger partial charge in [-0.3, -0.25) is 14.4 Å². The smallest absolute Gasteiger partial charge is 0.255 e. The van der Waals surface area contributed by atoms with Crippen molar-refractivity contribution in [1.29, 1.82) is 0 Å². The Kier molecular flexibility index (Phi) is 3.84. The van der Waals surface area contributed by atoms with Crippen LogP contribution in [0.25, 0.3) is 0 Å². The van der Waals surface area contributed by atoms with Gasteiger partial charge in [0.15, 0.2) is 0 Å². The van der Waals surface area contributed by atoms with Crippen molar-refractivity contribution in [3.8, 4) is 0 Å². The number of benzene rings is 1. The Morgan fingerprint density at radius 1 is 1.20 bits per heavy atom. The number of piperazine rings is 1. The molecule has 6 nitrogen and oxygen atoms in total. The van der Waals surface area contributed by atoms with Gasteiger partial charge in [0, 0.05) is 30.4 Å². The average molecular weight is 358 g/mol. The van der Waals surface area contributed by atoms with Crippen LogP contribution in [-0.2, 0) is 11.2 Å². The van der Waals surface area contributed by atoms with Gasteiger partial charge in [-0.1, -0.05) is 17.7 Å². The highest BCUT2D eigenvalue weighted by Crippen LogP contribution is 2.34. The lowest BCUT2D eigenvalue weighted by Gasteiger charge is -2.44. The van der Waals surface area contributed by atoms with E-state index in [1.165, 1.54) is 23.2 Å². The van der Waals surface area contributed by atoms with E-state index < -0.39 is 0 Å². The maximum absolute atomic E-state index is 12.7. The molecule has 2 aromatic rings. The number of nitrogens with one attached hydrogen (secondary N) is 1. The Bertz CT molecular complexity index is 904. The predicted octanol–water partition coefficient (Wildman–Crippen LogP) is 1.61. The number of amides is 2. The van der Waals surface area contributed by atoms with Gasteiger partial charge in [-0.05, 0) is 35.7 Å². The van der Waals surface area contributed by atoms with Crippen LogP contribution in [0.3, 0.4) is 0 Å². The van der Waals surface area contributed by atoms with Crippen LogP contribution in [-0.4, -0.2) is 46.2 Å². The molecule has 25 heavy (non-hydrogen) atoms. The fourth-order valence-electron chi connectivity index (χ4n) is 3.57. The van der Waals surface area contributed by atoms with Crippen molar-refractivity contribution in [3.05, 3.63) is 68.6 Å². The Balaban J connectivity index is 1.66. The van der Waals surface area contributed by atoms with Crippen molar-refractivity contribution in [2.24, 2.45) is 0 Å². The molecule has 1 N–H and O–H groups in total. The van der Waals surface area contributed by atoms with Crippen molar-refractivity contribution < 1.29 is 9.59 Å². The lowest BCUT2D eigenvalue weighted by molar-refractivity contribution is -0.139. The number of hydrogen-bond acceptors (Lipinski definition) is 3. The monoisotopic (exact) mass is 357 g/mol. The van der Waals surface area contributed by atoms with E-state index in [2.05, 4.69) is 4.98 Å². The Labute approximate surface area is 149 Å². The fourth-order valence-corrected chi connectivity index (χ4v) is 3.75. The van der Waals surface area contributed by atoms with Gasteiger partial charge in [0.25, 0.3) is 5.91 Å². The zero-order valence-corrected chi connectivity index (χ0v) is 14.1. The number of carbonyl (C=O) groups excluding carboxylic acids is 2. The zero-order valence-electron chi connectivity index (χ0n) is 13.4. The second-order valence-electron chi connectivity index (χ2n) is 6.32. The maximum Gasteiger partial charge on any atom is 0.255 e. The zero-order chi connectivity index (χ0) is 17.6. The summed E-state index contributed by atoms with van der Waals surface area (Å²) in [7, 11) is 0. The van der Waals surface area contributed by atoms with E-state index in [1.807, 2.05) is 23.1 Å². The highest BCUT2D eigenvalue weighted by molar-refractivity contribution is 6.30. The molecular weight excluding hydrogens is 342 g/mol. The molecule has 0 aliphatic carbocycles. The van der Waals surface area contributed by atoms with Crippen LogP contribution in [0.15, 0.2) is 41.3 Å². The lowest BCUT2D eigenvalue weighted by Crippen LogP contribution is -2.55. The number of fused-ring (bicyclic) bond motifs is 3. The molecule has 3 heterocycles. The summed E-state index contributed by atoms with van der Waals surface area (Å²) >= 11 is 6.14. The third-order valence-corrected chi connectivity index (χ3v) is 5.06. The highest BCUT2D eigenvalue weighted by atomic mass is 35.5. The molecule has 1 saturated heterocycles. The van der Waals surface area contributed by atoms with Gasteiger partial charge in [0.1, 0.15) is 6.54 Å². The van der Waals surface area contributed by atoms with E-state index in [4.69, 9.17) is 11.6 Å². The second-order valence-corrected chi connectivity index (χ2v) is 6.76. The van der Waals surface area contributed by atoms with Crippen molar-refractivity contribution >= 4 is 23.4 Å². The van der Waals surface area contributed by atoms with Crippen LogP contribution in [0.5, 0.6) is 0 Å². The molecule has 0 bridgehead atoms. The molecule has 2 aliphatic rings. The van der Waals surface area contributed by atoms with Crippen LogP contribution in [0.1, 0.15) is 27.5 Å². The summed E-state index contributed by atoms with van der Waals surface area (Å²) in [6.07, 6.45) is 2.18. The summed E-state index contributed by atoms with van der Waals surface area (Å²) < 4.78 is 0. The van der Waals surface area contributed by atoms with Gasteiger partial charge in [-0.2, -0.15) is 0 Å². The van der Waals surface area contributed by atoms with Gasteiger partial charge in [-0.25, -0.2) is 0 Å². The number of pyridine rings is 1. The van der Waals surface area contributed by atoms with Crippen molar-refractivity contribution in [2.75, 3.05) is 19.6 Å². The minimum atomic E-state index is -0.270. The average Bonchev–Trinajstić information content (AvgIpc) is 2.61. The molecule has 1 atom stereocenters. The van der Waals surface area contributed by atoms with E-state index in [0.29, 0.717) is 23.7 Å². The second kappa shape index (κ2) is 6.04. The first kappa shape index (κ1) is 15.9. The number of carbonyl (C=O) groups is 2. The van der Waals surface area contributed by atoms with Gasteiger partial charge in [0.2, 0.25) is 11.5 Å². The number of aromatic amines is 1. The first-order chi connectivity index (χ1) is 12.0. The highest BCUT2D eigenvalue weighted by Gasteiger charge is 2.38. The Hall–Kier alpha value is -2.60. The summed E-state index contributed by atoms with van der Waals surface area (Å²) in [6.45, 7) is 1.11. The first-order valence-electron chi connectivity index (χ1n) is 8.09. The number of rotatable bonds is 1. The Morgan fingerprint density at radius 2 is 2.04 bits per heavy atom. The molecule has 4 rings (SSSR count).